The van der Waals surface area contributed by atoms with Crippen LogP contribution in [0, 0.1) is 13.8 Å². The van der Waals surface area contributed by atoms with Gasteiger partial charge in [0.15, 0.2) is 5.11 Å². The molecule has 0 bridgehead atoms. The van der Waals surface area contributed by atoms with Crippen LogP contribution in [0.4, 0.5) is 11.4 Å². The van der Waals surface area contributed by atoms with Crippen molar-refractivity contribution in [2.75, 3.05) is 9.80 Å². The van der Waals surface area contributed by atoms with Crippen molar-refractivity contribution < 1.29 is 9.59 Å². The summed E-state index contributed by atoms with van der Waals surface area (Å²) in [6, 6.07) is 28.3. The monoisotopic (exact) mass is 555 g/mol. The highest BCUT2D eigenvalue weighted by atomic mass is 79.9. The maximum atomic E-state index is 13.8. The van der Waals surface area contributed by atoms with Crippen LogP contribution in [-0.2, 0) is 9.59 Å². The highest BCUT2D eigenvalue weighted by Gasteiger charge is 2.41. The van der Waals surface area contributed by atoms with E-state index in [0.717, 1.165) is 27.1 Å². The summed E-state index contributed by atoms with van der Waals surface area (Å²) in [7, 11) is 0. The van der Waals surface area contributed by atoms with Gasteiger partial charge in [0.25, 0.3) is 11.8 Å². The van der Waals surface area contributed by atoms with E-state index >= 15 is 0 Å². The molecule has 1 aromatic heterocycles. The van der Waals surface area contributed by atoms with Crippen molar-refractivity contribution in [1.29, 1.82) is 0 Å². The molecule has 1 fully saturated rings. The first-order valence-corrected chi connectivity index (χ1v) is 12.6. The molecule has 5 nitrogen and oxygen atoms in total. The fraction of sp³-hybridized carbons (Fsp3) is 0.0690. The van der Waals surface area contributed by atoms with Gasteiger partial charge in [-0.3, -0.25) is 19.4 Å². The molecule has 1 saturated heterocycles. The number of aromatic nitrogens is 1. The van der Waals surface area contributed by atoms with Crippen molar-refractivity contribution in [2.24, 2.45) is 0 Å². The highest BCUT2D eigenvalue weighted by Crippen LogP contribution is 2.31. The maximum absolute atomic E-state index is 13.8. The zero-order chi connectivity index (χ0) is 25.4. The average Bonchev–Trinajstić information content (AvgIpc) is 3.15. The number of amides is 2. The van der Waals surface area contributed by atoms with Gasteiger partial charge in [-0.1, -0.05) is 58.4 Å². The van der Waals surface area contributed by atoms with Gasteiger partial charge in [0.05, 0.1) is 11.4 Å². The van der Waals surface area contributed by atoms with E-state index in [9.17, 15) is 9.59 Å². The second-order valence-corrected chi connectivity index (χ2v) is 9.72. The number of rotatable bonds is 4. The van der Waals surface area contributed by atoms with Gasteiger partial charge >= 0.3 is 0 Å². The van der Waals surface area contributed by atoms with Crippen molar-refractivity contribution in [3.63, 3.8) is 0 Å². The normalized spacial score (nSPS) is 14.0. The second-order valence-electron chi connectivity index (χ2n) is 8.43. The number of para-hydroxylation sites is 2. The van der Waals surface area contributed by atoms with E-state index in [1.807, 2.05) is 80.6 Å². The van der Waals surface area contributed by atoms with Gasteiger partial charge in [0, 0.05) is 21.5 Å². The Hall–Kier alpha value is -3.81. The summed E-state index contributed by atoms with van der Waals surface area (Å²) >= 11 is 9.22. The first-order valence-electron chi connectivity index (χ1n) is 11.4. The summed E-state index contributed by atoms with van der Waals surface area (Å²) in [5.74, 6) is -0.897. The van der Waals surface area contributed by atoms with Gasteiger partial charge < -0.3 is 4.57 Å². The SMILES string of the molecule is Cc1cc(C=C2C(=O)N(c3ccccc3)C(=S)N(c3ccccc3)C2=O)c(C)n1-c1cccc(Br)c1. The molecule has 4 aromatic rings. The summed E-state index contributed by atoms with van der Waals surface area (Å²) in [4.78, 5) is 30.4. The Morgan fingerprint density at radius 2 is 1.25 bits per heavy atom. The molecule has 1 aliphatic heterocycles. The number of anilines is 2. The zero-order valence-electron chi connectivity index (χ0n) is 19.7. The molecule has 0 unspecified atom stereocenters. The summed E-state index contributed by atoms with van der Waals surface area (Å²) in [5, 5.41) is 0.124. The molecule has 178 valence electrons. The number of halogens is 1. The van der Waals surface area contributed by atoms with Crippen LogP contribution in [0.15, 0.2) is 101 Å². The molecule has 5 rings (SSSR count). The Balaban J connectivity index is 1.66. The number of thiocarbonyl (C=S) groups is 1. The number of carbonyl (C=O) groups is 2. The molecular weight excluding hydrogens is 534 g/mol. The number of hydrogen-bond acceptors (Lipinski definition) is 3. The molecule has 2 amide bonds. The van der Waals surface area contributed by atoms with Crippen molar-refractivity contribution in [3.05, 3.63) is 118 Å². The summed E-state index contributed by atoms with van der Waals surface area (Å²) in [6.45, 7) is 3.98. The van der Waals surface area contributed by atoms with Crippen molar-refractivity contribution in [3.8, 4) is 5.69 Å². The number of nitrogens with zero attached hydrogens (tertiary/aromatic N) is 3. The molecule has 0 saturated carbocycles. The van der Waals surface area contributed by atoms with E-state index < -0.39 is 11.8 Å². The van der Waals surface area contributed by atoms with Gasteiger partial charge in [0.2, 0.25) is 0 Å². The van der Waals surface area contributed by atoms with Crippen LogP contribution in [-0.4, -0.2) is 21.5 Å². The van der Waals surface area contributed by atoms with E-state index in [0.29, 0.717) is 11.4 Å². The molecule has 7 heteroatoms. The predicted octanol–water partition coefficient (Wildman–Crippen LogP) is 6.60. The number of hydrogen-bond donors (Lipinski definition) is 0. The third-order valence-electron chi connectivity index (χ3n) is 6.11. The molecule has 0 N–H and O–H groups in total. The fourth-order valence-corrected chi connectivity index (χ4v) is 5.20. The molecule has 0 radical (unpaired) electrons. The van der Waals surface area contributed by atoms with E-state index in [4.69, 9.17) is 12.2 Å². The van der Waals surface area contributed by atoms with E-state index in [1.165, 1.54) is 9.80 Å². The van der Waals surface area contributed by atoms with E-state index in [1.54, 1.807) is 30.3 Å². The van der Waals surface area contributed by atoms with Gasteiger partial charge in [-0.15, -0.1) is 0 Å². The largest absolute Gasteiger partial charge is 0.318 e. The lowest BCUT2D eigenvalue weighted by molar-refractivity contribution is -0.120. The predicted molar refractivity (Wildman–Crippen MR) is 151 cm³/mol. The highest BCUT2D eigenvalue weighted by molar-refractivity contribution is 9.10. The smallest absolute Gasteiger partial charge is 0.270 e. The Bertz CT molecular complexity index is 1460. The van der Waals surface area contributed by atoms with Crippen molar-refractivity contribution in [2.45, 2.75) is 13.8 Å². The van der Waals surface area contributed by atoms with Crippen LogP contribution in [0.1, 0.15) is 17.0 Å². The van der Waals surface area contributed by atoms with Gasteiger partial charge in [-0.25, -0.2) is 0 Å². The Morgan fingerprint density at radius 1 is 0.722 bits per heavy atom. The van der Waals surface area contributed by atoms with Crippen molar-refractivity contribution in [1.82, 2.24) is 4.57 Å². The van der Waals surface area contributed by atoms with Gasteiger partial charge in [0.1, 0.15) is 5.57 Å². The minimum Gasteiger partial charge on any atom is -0.318 e. The average molecular weight is 556 g/mol. The summed E-state index contributed by atoms with van der Waals surface area (Å²) in [5.41, 5.74) is 4.94. The minimum atomic E-state index is -0.448. The standard InChI is InChI=1S/C29H22BrN3O2S/c1-19-16-21(20(2)31(19)25-15-9-10-22(30)18-25)17-26-27(34)32(23-11-5-3-6-12-23)29(36)33(28(26)35)24-13-7-4-8-14-24/h3-18H,1-2H3. The van der Waals surface area contributed by atoms with E-state index in [-0.39, 0.29) is 10.7 Å². The lowest BCUT2D eigenvalue weighted by atomic mass is 10.1. The first kappa shape index (κ1) is 23.9. The lowest BCUT2D eigenvalue weighted by Crippen LogP contribution is -2.56. The molecule has 2 heterocycles. The Kier molecular flexibility index (Phi) is 6.43. The van der Waals surface area contributed by atoms with Crippen LogP contribution in [0.2, 0.25) is 0 Å². The number of aryl methyl sites for hydroxylation is 1. The molecule has 0 atom stereocenters. The third kappa shape index (κ3) is 4.21. The van der Waals surface area contributed by atoms with Gasteiger partial charge in [-0.05, 0) is 86.2 Å². The quantitative estimate of drug-likeness (QED) is 0.162. The Morgan fingerprint density at radius 3 is 1.78 bits per heavy atom. The zero-order valence-corrected chi connectivity index (χ0v) is 22.1. The second kappa shape index (κ2) is 9.68. The lowest BCUT2D eigenvalue weighted by Gasteiger charge is -2.36. The molecular formula is C29H22BrN3O2S. The van der Waals surface area contributed by atoms with Crippen LogP contribution < -0.4 is 9.80 Å². The summed E-state index contributed by atoms with van der Waals surface area (Å²) in [6.07, 6.45) is 1.68. The maximum Gasteiger partial charge on any atom is 0.270 e. The molecule has 3 aromatic carbocycles. The first-order chi connectivity index (χ1) is 17.4. The molecule has 36 heavy (non-hydrogen) atoms. The van der Waals surface area contributed by atoms with Crippen molar-refractivity contribution >= 4 is 62.5 Å². The number of carbonyl (C=O) groups excluding carboxylic acids is 2. The molecule has 1 aliphatic rings. The van der Waals surface area contributed by atoms with Crippen LogP contribution in [0.3, 0.4) is 0 Å². The van der Waals surface area contributed by atoms with Crippen LogP contribution in [0.5, 0.6) is 0 Å². The topological polar surface area (TPSA) is 45.6 Å². The Labute approximate surface area is 223 Å². The molecule has 0 aliphatic carbocycles. The van der Waals surface area contributed by atoms with E-state index in [2.05, 4.69) is 20.5 Å². The van der Waals surface area contributed by atoms with Crippen LogP contribution in [0.25, 0.3) is 11.8 Å². The number of benzene rings is 3. The third-order valence-corrected chi connectivity index (χ3v) is 6.97. The fourth-order valence-electron chi connectivity index (χ4n) is 4.44. The van der Waals surface area contributed by atoms with Crippen LogP contribution >= 0.6 is 28.1 Å². The molecule has 0 spiro atoms. The minimum absolute atomic E-state index is 0.0470. The van der Waals surface area contributed by atoms with Gasteiger partial charge in [-0.2, -0.15) is 0 Å². The summed E-state index contributed by atoms with van der Waals surface area (Å²) < 4.78 is 3.07.